The average Bonchev–Trinajstić information content (AvgIpc) is 3.03. The summed E-state index contributed by atoms with van der Waals surface area (Å²) < 4.78 is 0. The quantitative estimate of drug-likeness (QED) is 0.896. The van der Waals surface area contributed by atoms with Crippen molar-refractivity contribution in [1.29, 1.82) is 0 Å². The van der Waals surface area contributed by atoms with Crippen LogP contribution in [-0.2, 0) is 0 Å². The highest BCUT2D eigenvalue weighted by Gasteiger charge is 2.16. The number of hydrogen-bond acceptors (Lipinski definition) is 2. The van der Waals surface area contributed by atoms with Crippen LogP contribution in [0.4, 0.5) is 5.69 Å². The normalized spacial score (nSPS) is 17.9. The van der Waals surface area contributed by atoms with Crippen molar-refractivity contribution in [3.63, 3.8) is 0 Å². The maximum atomic E-state index is 12.0. The molecule has 0 aromatic heterocycles. The van der Waals surface area contributed by atoms with E-state index in [9.17, 15) is 4.79 Å². The molecule has 0 spiro atoms. The van der Waals surface area contributed by atoms with Crippen molar-refractivity contribution in [2.45, 2.75) is 12.3 Å². The van der Waals surface area contributed by atoms with Crippen molar-refractivity contribution in [2.24, 2.45) is 0 Å². The fourth-order valence-corrected chi connectivity index (χ4v) is 2.57. The van der Waals surface area contributed by atoms with Gasteiger partial charge in [-0.2, -0.15) is 0 Å². The van der Waals surface area contributed by atoms with Gasteiger partial charge in [-0.1, -0.05) is 30.3 Å². The molecule has 0 radical (unpaired) electrons. The third-order valence-electron chi connectivity index (χ3n) is 3.74. The van der Waals surface area contributed by atoms with Crippen LogP contribution >= 0.6 is 0 Å². The molecule has 20 heavy (non-hydrogen) atoms. The van der Waals surface area contributed by atoms with E-state index >= 15 is 0 Å². The van der Waals surface area contributed by atoms with Crippen LogP contribution in [0.25, 0.3) is 0 Å². The van der Waals surface area contributed by atoms with Gasteiger partial charge in [0.1, 0.15) is 0 Å². The van der Waals surface area contributed by atoms with Crippen molar-refractivity contribution >= 4 is 11.6 Å². The van der Waals surface area contributed by atoms with E-state index in [-0.39, 0.29) is 5.91 Å². The fourth-order valence-electron chi connectivity index (χ4n) is 2.57. The van der Waals surface area contributed by atoms with Gasteiger partial charge >= 0.3 is 0 Å². The average molecular weight is 266 g/mol. The largest absolute Gasteiger partial charge is 0.322 e. The van der Waals surface area contributed by atoms with E-state index in [1.807, 2.05) is 42.5 Å². The molecule has 1 heterocycles. The first-order valence-corrected chi connectivity index (χ1v) is 7.00. The molecule has 1 aliphatic rings. The molecule has 102 valence electrons. The third-order valence-corrected chi connectivity index (χ3v) is 3.74. The van der Waals surface area contributed by atoms with E-state index in [1.54, 1.807) is 0 Å². The monoisotopic (exact) mass is 266 g/mol. The number of nitrogens with one attached hydrogen (secondary N) is 2. The lowest BCUT2D eigenvalue weighted by Crippen LogP contribution is -2.12. The molecular weight excluding hydrogens is 248 g/mol. The number of carbonyl (C=O) groups excluding carboxylic acids is 1. The van der Waals surface area contributed by atoms with Gasteiger partial charge in [0.05, 0.1) is 0 Å². The molecule has 3 heteroatoms. The van der Waals surface area contributed by atoms with Gasteiger partial charge in [-0.25, -0.2) is 0 Å². The molecule has 0 saturated carbocycles. The van der Waals surface area contributed by atoms with Gasteiger partial charge in [0.25, 0.3) is 5.91 Å². The summed E-state index contributed by atoms with van der Waals surface area (Å²) in [6, 6.07) is 17.4. The summed E-state index contributed by atoms with van der Waals surface area (Å²) in [5.74, 6) is 0.537. The lowest BCUT2D eigenvalue weighted by molar-refractivity contribution is 0.102. The minimum atomic E-state index is -0.0686. The van der Waals surface area contributed by atoms with E-state index in [0.717, 1.165) is 18.8 Å². The molecule has 1 atom stereocenters. The molecule has 0 aliphatic carbocycles. The molecule has 1 fully saturated rings. The highest BCUT2D eigenvalue weighted by atomic mass is 16.1. The number of benzene rings is 2. The van der Waals surface area contributed by atoms with Crippen LogP contribution in [0.15, 0.2) is 54.6 Å². The van der Waals surface area contributed by atoms with Crippen LogP contribution in [0, 0.1) is 0 Å². The van der Waals surface area contributed by atoms with Crippen molar-refractivity contribution in [3.05, 3.63) is 65.7 Å². The fraction of sp³-hybridized carbons (Fsp3) is 0.235. The number of anilines is 1. The zero-order valence-electron chi connectivity index (χ0n) is 11.3. The SMILES string of the molecule is O=C(Nc1ccc([C@H]2CCNC2)cc1)c1ccccc1. The van der Waals surface area contributed by atoms with Gasteiger partial charge in [-0.05, 0) is 48.7 Å². The number of rotatable bonds is 3. The summed E-state index contributed by atoms with van der Waals surface area (Å²) in [7, 11) is 0. The Balaban J connectivity index is 1.67. The zero-order valence-corrected chi connectivity index (χ0v) is 11.3. The van der Waals surface area contributed by atoms with Crippen molar-refractivity contribution in [2.75, 3.05) is 18.4 Å². The van der Waals surface area contributed by atoms with Crippen LogP contribution in [0.2, 0.25) is 0 Å². The summed E-state index contributed by atoms with van der Waals surface area (Å²) in [5.41, 5.74) is 2.86. The van der Waals surface area contributed by atoms with Gasteiger partial charge in [0, 0.05) is 17.8 Å². The summed E-state index contributed by atoms with van der Waals surface area (Å²) in [6.45, 7) is 2.15. The second-order valence-corrected chi connectivity index (χ2v) is 5.13. The Morgan fingerprint density at radius 3 is 2.45 bits per heavy atom. The lowest BCUT2D eigenvalue weighted by Gasteiger charge is -2.10. The Morgan fingerprint density at radius 2 is 1.80 bits per heavy atom. The minimum absolute atomic E-state index is 0.0686. The second-order valence-electron chi connectivity index (χ2n) is 5.13. The molecule has 3 nitrogen and oxygen atoms in total. The molecule has 2 N–H and O–H groups in total. The summed E-state index contributed by atoms with van der Waals surface area (Å²) in [4.78, 5) is 12.0. The van der Waals surface area contributed by atoms with Gasteiger partial charge in [0.15, 0.2) is 0 Å². The third kappa shape index (κ3) is 2.89. The molecular formula is C17H18N2O. The molecule has 1 amide bonds. The highest BCUT2D eigenvalue weighted by molar-refractivity contribution is 6.04. The van der Waals surface area contributed by atoms with Crippen molar-refractivity contribution in [3.8, 4) is 0 Å². The Hall–Kier alpha value is -2.13. The molecule has 1 saturated heterocycles. The van der Waals surface area contributed by atoms with E-state index in [1.165, 1.54) is 12.0 Å². The number of carbonyl (C=O) groups is 1. The van der Waals surface area contributed by atoms with E-state index in [0.29, 0.717) is 11.5 Å². The number of hydrogen-bond donors (Lipinski definition) is 2. The molecule has 1 aliphatic heterocycles. The lowest BCUT2D eigenvalue weighted by atomic mass is 9.98. The van der Waals surface area contributed by atoms with E-state index in [4.69, 9.17) is 0 Å². The Morgan fingerprint density at radius 1 is 1.05 bits per heavy atom. The Kier molecular flexibility index (Phi) is 3.79. The van der Waals surface area contributed by atoms with Crippen LogP contribution < -0.4 is 10.6 Å². The Labute approximate surface area is 119 Å². The van der Waals surface area contributed by atoms with Crippen molar-refractivity contribution < 1.29 is 4.79 Å². The van der Waals surface area contributed by atoms with E-state index in [2.05, 4.69) is 22.8 Å². The zero-order chi connectivity index (χ0) is 13.8. The first-order chi connectivity index (χ1) is 9.83. The minimum Gasteiger partial charge on any atom is -0.322 e. The van der Waals surface area contributed by atoms with E-state index < -0.39 is 0 Å². The standard InChI is InChI=1S/C17H18N2O/c20-17(14-4-2-1-3-5-14)19-16-8-6-13(7-9-16)15-10-11-18-12-15/h1-9,15,18H,10-12H2,(H,19,20)/t15-/m0/s1. The number of amides is 1. The topological polar surface area (TPSA) is 41.1 Å². The molecule has 2 aromatic carbocycles. The molecule has 2 aromatic rings. The van der Waals surface area contributed by atoms with Crippen LogP contribution in [0.3, 0.4) is 0 Å². The summed E-state index contributed by atoms with van der Waals surface area (Å²) in [5, 5.41) is 6.29. The van der Waals surface area contributed by atoms with Crippen LogP contribution in [-0.4, -0.2) is 19.0 Å². The molecule has 0 unspecified atom stereocenters. The Bertz CT molecular complexity index is 572. The van der Waals surface area contributed by atoms with Crippen molar-refractivity contribution in [1.82, 2.24) is 5.32 Å². The van der Waals surface area contributed by atoms with Gasteiger partial charge < -0.3 is 10.6 Å². The predicted molar refractivity (Wildman–Crippen MR) is 81.1 cm³/mol. The smallest absolute Gasteiger partial charge is 0.255 e. The molecule has 0 bridgehead atoms. The highest BCUT2D eigenvalue weighted by Crippen LogP contribution is 2.23. The maximum absolute atomic E-state index is 12.0. The second kappa shape index (κ2) is 5.88. The van der Waals surface area contributed by atoms with Gasteiger partial charge in [-0.3, -0.25) is 4.79 Å². The van der Waals surface area contributed by atoms with Crippen LogP contribution in [0.1, 0.15) is 28.3 Å². The first-order valence-electron chi connectivity index (χ1n) is 7.00. The van der Waals surface area contributed by atoms with Gasteiger partial charge in [0.2, 0.25) is 0 Å². The summed E-state index contributed by atoms with van der Waals surface area (Å²) >= 11 is 0. The predicted octanol–water partition coefficient (Wildman–Crippen LogP) is 3.02. The molecule has 3 rings (SSSR count). The first kappa shape index (κ1) is 12.9. The summed E-state index contributed by atoms with van der Waals surface area (Å²) in [6.07, 6.45) is 1.19. The maximum Gasteiger partial charge on any atom is 0.255 e. The van der Waals surface area contributed by atoms with Gasteiger partial charge in [-0.15, -0.1) is 0 Å². The van der Waals surface area contributed by atoms with Crippen LogP contribution in [0.5, 0.6) is 0 Å².